The molecule has 0 spiro atoms. The zero-order valence-corrected chi connectivity index (χ0v) is 21.7. The lowest BCUT2D eigenvalue weighted by atomic mass is 9.98. The Hall–Kier alpha value is -5.05. The predicted octanol–water partition coefficient (Wildman–Crippen LogP) is 5.18. The number of nitrogens with one attached hydrogen (secondary N) is 1. The van der Waals surface area contributed by atoms with E-state index < -0.39 is 24.1 Å². The molecule has 1 unspecified atom stereocenters. The van der Waals surface area contributed by atoms with Gasteiger partial charge in [-0.05, 0) is 52.1 Å². The molecule has 3 aromatic carbocycles. The standard InChI is InChI=1S/C31H27NO8/c1-37-30(35)28-14-13-21(40-28)17-38-20-8-6-7-19(15-20)16-27(29(33)34)32-31(36)39-18-26-24-11-4-2-9-22(24)23-10-3-5-12-25(23)26/h2-15,26-27H,16-18H2,1H3,(H,32,36)(H,33,34). The molecule has 1 heterocycles. The van der Waals surface area contributed by atoms with E-state index in [0.717, 1.165) is 22.3 Å². The van der Waals surface area contributed by atoms with E-state index in [1.807, 2.05) is 48.5 Å². The molecule has 5 rings (SSSR count). The highest BCUT2D eigenvalue weighted by atomic mass is 16.6. The molecular weight excluding hydrogens is 514 g/mol. The largest absolute Gasteiger partial charge is 0.486 e. The van der Waals surface area contributed by atoms with Crippen LogP contribution in [0.25, 0.3) is 11.1 Å². The number of aliphatic carboxylic acids is 1. The van der Waals surface area contributed by atoms with Crippen LogP contribution in [0.4, 0.5) is 4.79 Å². The summed E-state index contributed by atoms with van der Waals surface area (Å²) in [5.41, 5.74) is 4.99. The molecule has 0 bridgehead atoms. The van der Waals surface area contributed by atoms with E-state index in [0.29, 0.717) is 17.1 Å². The second kappa shape index (κ2) is 11.8. The third-order valence-electron chi connectivity index (χ3n) is 6.70. The van der Waals surface area contributed by atoms with Gasteiger partial charge in [-0.2, -0.15) is 0 Å². The van der Waals surface area contributed by atoms with E-state index in [1.54, 1.807) is 30.3 Å². The summed E-state index contributed by atoms with van der Waals surface area (Å²) >= 11 is 0. The van der Waals surface area contributed by atoms with Gasteiger partial charge in [-0.1, -0.05) is 60.7 Å². The number of fused-ring (bicyclic) bond motifs is 3. The lowest BCUT2D eigenvalue weighted by Crippen LogP contribution is -2.42. The van der Waals surface area contributed by atoms with Gasteiger partial charge < -0.3 is 29.1 Å². The third kappa shape index (κ3) is 5.83. The summed E-state index contributed by atoms with van der Waals surface area (Å²) in [6.07, 6.45) is -0.787. The Bertz CT molecular complexity index is 1500. The zero-order valence-electron chi connectivity index (χ0n) is 21.7. The molecule has 1 aliphatic carbocycles. The normalized spacial score (nSPS) is 12.6. The molecule has 0 fully saturated rings. The zero-order chi connectivity index (χ0) is 28.1. The number of alkyl carbamates (subject to hydrolysis) is 1. The molecule has 1 aromatic heterocycles. The van der Waals surface area contributed by atoms with Gasteiger partial charge in [-0.3, -0.25) is 0 Å². The molecule has 9 nitrogen and oxygen atoms in total. The van der Waals surface area contributed by atoms with Crippen LogP contribution >= 0.6 is 0 Å². The molecule has 1 atom stereocenters. The molecule has 0 radical (unpaired) electrons. The number of hydrogen-bond donors (Lipinski definition) is 2. The van der Waals surface area contributed by atoms with E-state index in [2.05, 4.69) is 10.1 Å². The van der Waals surface area contributed by atoms with Gasteiger partial charge in [-0.25, -0.2) is 14.4 Å². The first kappa shape index (κ1) is 26.6. The first-order valence-electron chi connectivity index (χ1n) is 12.7. The third-order valence-corrected chi connectivity index (χ3v) is 6.70. The quantitative estimate of drug-likeness (QED) is 0.263. The summed E-state index contributed by atoms with van der Waals surface area (Å²) in [4.78, 5) is 36.2. The average Bonchev–Trinajstić information content (AvgIpc) is 3.57. The number of rotatable bonds is 10. The number of furan rings is 1. The Kier molecular flexibility index (Phi) is 7.82. The molecule has 0 aliphatic heterocycles. The summed E-state index contributed by atoms with van der Waals surface area (Å²) in [5, 5.41) is 12.2. The number of benzene rings is 3. The van der Waals surface area contributed by atoms with Crippen molar-refractivity contribution in [3.8, 4) is 16.9 Å². The molecule has 0 saturated carbocycles. The van der Waals surface area contributed by atoms with E-state index in [1.165, 1.54) is 13.2 Å². The highest BCUT2D eigenvalue weighted by Gasteiger charge is 2.30. The monoisotopic (exact) mass is 541 g/mol. The van der Waals surface area contributed by atoms with Crippen LogP contribution in [0.5, 0.6) is 5.75 Å². The minimum Gasteiger partial charge on any atom is -0.486 e. The molecular formula is C31H27NO8. The van der Waals surface area contributed by atoms with Gasteiger partial charge in [0.25, 0.3) is 0 Å². The van der Waals surface area contributed by atoms with E-state index >= 15 is 0 Å². The van der Waals surface area contributed by atoms with Crippen molar-refractivity contribution in [3.63, 3.8) is 0 Å². The van der Waals surface area contributed by atoms with Gasteiger partial charge in [0.15, 0.2) is 0 Å². The molecule has 9 heteroatoms. The fourth-order valence-electron chi connectivity index (χ4n) is 4.80. The number of esters is 1. The van der Waals surface area contributed by atoms with Crippen LogP contribution in [0, 0.1) is 0 Å². The summed E-state index contributed by atoms with van der Waals surface area (Å²) in [6.45, 7) is 0.140. The van der Waals surface area contributed by atoms with Crippen molar-refractivity contribution in [1.29, 1.82) is 0 Å². The maximum Gasteiger partial charge on any atom is 0.407 e. The van der Waals surface area contributed by atoms with Crippen LogP contribution in [0.2, 0.25) is 0 Å². The second-order valence-corrected chi connectivity index (χ2v) is 9.26. The number of carboxylic acids is 1. The van der Waals surface area contributed by atoms with Crippen molar-refractivity contribution in [1.82, 2.24) is 5.32 Å². The van der Waals surface area contributed by atoms with E-state index in [-0.39, 0.29) is 31.3 Å². The molecule has 2 N–H and O–H groups in total. The van der Waals surface area contributed by atoms with Gasteiger partial charge in [-0.15, -0.1) is 0 Å². The average molecular weight is 542 g/mol. The number of ether oxygens (including phenoxy) is 3. The number of carboxylic acid groups (broad SMARTS) is 1. The van der Waals surface area contributed by atoms with Gasteiger partial charge in [0.05, 0.1) is 7.11 Å². The molecule has 1 aliphatic rings. The van der Waals surface area contributed by atoms with Gasteiger partial charge in [0.1, 0.15) is 30.8 Å². The maximum atomic E-state index is 12.7. The Balaban J connectivity index is 1.18. The van der Waals surface area contributed by atoms with Gasteiger partial charge in [0, 0.05) is 12.3 Å². The van der Waals surface area contributed by atoms with Crippen molar-refractivity contribution >= 4 is 18.0 Å². The van der Waals surface area contributed by atoms with E-state index in [4.69, 9.17) is 13.9 Å². The smallest absolute Gasteiger partial charge is 0.407 e. The topological polar surface area (TPSA) is 124 Å². The summed E-state index contributed by atoms with van der Waals surface area (Å²) in [7, 11) is 1.26. The van der Waals surface area contributed by atoms with Crippen LogP contribution in [-0.2, 0) is 27.3 Å². The van der Waals surface area contributed by atoms with Crippen molar-refractivity contribution in [2.24, 2.45) is 0 Å². The molecule has 0 saturated heterocycles. The Labute approximate surface area is 230 Å². The Morgan fingerprint density at radius 3 is 2.30 bits per heavy atom. The number of amides is 1. The lowest BCUT2D eigenvalue weighted by molar-refractivity contribution is -0.139. The van der Waals surface area contributed by atoms with Gasteiger partial charge >= 0.3 is 18.0 Å². The molecule has 1 amide bonds. The van der Waals surface area contributed by atoms with Crippen LogP contribution in [0.15, 0.2) is 89.3 Å². The number of methoxy groups -OCH3 is 1. The van der Waals surface area contributed by atoms with Crippen molar-refractivity contribution < 1.29 is 38.1 Å². The highest BCUT2D eigenvalue weighted by molar-refractivity contribution is 5.86. The fraction of sp³-hybridized carbons (Fsp3) is 0.194. The minimum absolute atomic E-state index is 0.0178. The summed E-state index contributed by atoms with van der Waals surface area (Å²) in [5.74, 6) is -0.945. The summed E-state index contributed by atoms with van der Waals surface area (Å²) < 4.78 is 21.3. The maximum absolute atomic E-state index is 12.7. The molecule has 40 heavy (non-hydrogen) atoms. The van der Waals surface area contributed by atoms with E-state index in [9.17, 15) is 19.5 Å². The predicted molar refractivity (Wildman–Crippen MR) is 144 cm³/mol. The van der Waals surface area contributed by atoms with Crippen molar-refractivity contribution in [2.45, 2.75) is 25.0 Å². The van der Waals surface area contributed by atoms with Crippen molar-refractivity contribution in [2.75, 3.05) is 13.7 Å². The lowest BCUT2D eigenvalue weighted by Gasteiger charge is -2.18. The molecule has 4 aromatic rings. The van der Waals surface area contributed by atoms with Crippen molar-refractivity contribution in [3.05, 3.63) is 113 Å². The number of hydrogen-bond acceptors (Lipinski definition) is 7. The number of carbonyl (C=O) groups excluding carboxylic acids is 2. The first-order chi connectivity index (χ1) is 19.4. The first-order valence-corrected chi connectivity index (χ1v) is 12.7. The fourth-order valence-corrected chi connectivity index (χ4v) is 4.80. The van der Waals surface area contributed by atoms with Crippen LogP contribution < -0.4 is 10.1 Å². The molecule has 204 valence electrons. The second-order valence-electron chi connectivity index (χ2n) is 9.26. The van der Waals surface area contributed by atoms with Gasteiger partial charge in [0.2, 0.25) is 5.76 Å². The summed E-state index contributed by atoms with van der Waals surface area (Å²) in [6, 6.07) is 24.7. The SMILES string of the molecule is COC(=O)c1ccc(COc2cccc(CC(NC(=O)OCC3c4ccccc4-c4ccccc43)C(=O)O)c2)o1. The van der Waals surface area contributed by atoms with Crippen LogP contribution in [-0.4, -0.2) is 42.9 Å². The minimum atomic E-state index is -1.21. The Morgan fingerprint density at radius 1 is 0.925 bits per heavy atom. The number of carbonyl (C=O) groups is 3. The highest BCUT2D eigenvalue weighted by Crippen LogP contribution is 2.44. The van der Waals surface area contributed by atoms with Crippen LogP contribution in [0.3, 0.4) is 0 Å². The van der Waals surface area contributed by atoms with Crippen LogP contribution in [0.1, 0.15) is 38.9 Å². The Morgan fingerprint density at radius 2 is 1.62 bits per heavy atom.